The molecule has 100 valence electrons. The van der Waals surface area contributed by atoms with E-state index in [0.29, 0.717) is 6.54 Å². The van der Waals surface area contributed by atoms with Crippen LogP contribution in [0.2, 0.25) is 0 Å². The number of rotatable bonds is 2. The summed E-state index contributed by atoms with van der Waals surface area (Å²) in [5.74, 6) is 0.0977. The molecule has 0 atom stereocenters. The second kappa shape index (κ2) is 6.73. The van der Waals surface area contributed by atoms with E-state index in [1.165, 1.54) is 0 Å². The molecule has 0 radical (unpaired) electrons. The number of nitrogens with zero attached hydrogens (tertiary/aromatic N) is 1. The van der Waals surface area contributed by atoms with Crippen molar-refractivity contribution in [2.75, 3.05) is 13.1 Å². The van der Waals surface area contributed by atoms with E-state index in [2.05, 4.69) is 0 Å². The van der Waals surface area contributed by atoms with E-state index in [9.17, 15) is 4.79 Å². The van der Waals surface area contributed by atoms with Crippen LogP contribution in [0.1, 0.15) is 28.8 Å². The van der Waals surface area contributed by atoms with E-state index in [-0.39, 0.29) is 24.4 Å². The van der Waals surface area contributed by atoms with Crippen LogP contribution in [-0.4, -0.2) is 29.9 Å². The molecule has 1 saturated heterocycles. The number of halogens is 1. The van der Waals surface area contributed by atoms with Gasteiger partial charge in [-0.15, -0.1) is 12.4 Å². The van der Waals surface area contributed by atoms with Gasteiger partial charge in [-0.2, -0.15) is 0 Å². The van der Waals surface area contributed by atoms with Crippen molar-refractivity contribution in [2.45, 2.75) is 25.4 Å². The summed E-state index contributed by atoms with van der Waals surface area (Å²) in [4.78, 5) is 14.0. The standard InChI is InChI=1S/C13H19N3O.ClH/c14-9-10-1-3-11(4-2-10)13(17)16-7-5-12(15)6-8-16;/h1-4,12H,5-9,14-15H2;1H. The molecule has 0 bridgehead atoms. The van der Waals surface area contributed by atoms with Crippen molar-refractivity contribution in [3.8, 4) is 0 Å². The smallest absolute Gasteiger partial charge is 0.253 e. The van der Waals surface area contributed by atoms with Crippen LogP contribution in [0.3, 0.4) is 0 Å². The molecular formula is C13H20ClN3O. The van der Waals surface area contributed by atoms with Crippen molar-refractivity contribution >= 4 is 18.3 Å². The summed E-state index contributed by atoms with van der Waals surface area (Å²) in [5, 5.41) is 0. The Kier molecular flexibility index (Phi) is 5.59. The molecule has 4 N–H and O–H groups in total. The Bertz CT molecular complexity index is 386. The van der Waals surface area contributed by atoms with Gasteiger partial charge in [0, 0.05) is 31.2 Å². The van der Waals surface area contributed by atoms with Gasteiger partial charge in [0.2, 0.25) is 0 Å². The number of carbonyl (C=O) groups excluding carboxylic acids is 1. The first-order valence-corrected chi connectivity index (χ1v) is 6.04. The van der Waals surface area contributed by atoms with Gasteiger partial charge in [-0.1, -0.05) is 12.1 Å². The number of hydrogen-bond donors (Lipinski definition) is 2. The average molecular weight is 270 g/mol. The predicted molar refractivity (Wildman–Crippen MR) is 74.7 cm³/mol. The summed E-state index contributed by atoms with van der Waals surface area (Å²) in [6.07, 6.45) is 1.79. The van der Waals surface area contributed by atoms with Crippen molar-refractivity contribution in [1.29, 1.82) is 0 Å². The maximum atomic E-state index is 12.2. The number of hydrogen-bond acceptors (Lipinski definition) is 3. The van der Waals surface area contributed by atoms with Gasteiger partial charge < -0.3 is 16.4 Å². The van der Waals surface area contributed by atoms with Crippen molar-refractivity contribution in [3.05, 3.63) is 35.4 Å². The zero-order chi connectivity index (χ0) is 12.3. The molecule has 1 amide bonds. The summed E-state index contributed by atoms with van der Waals surface area (Å²) in [6.45, 7) is 2.03. The van der Waals surface area contributed by atoms with Gasteiger partial charge in [0.1, 0.15) is 0 Å². The van der Waals surface area contributed by atoms with Gasteiger partial charge >= 0.3 is 0 Å². The lowest BCUT2D eigenvalue weighted by Crippen LogP contribution is -2.42. The highest BCUT2D eigenvalue weighted by molar-refractivity contribution is 5.94. The molecule has 4 nitrogen and oxygen atoms in total. The molecule has 0 spiro atoms. The van der Waals surface area contributed by atoms with E-state index in [1.807, 2.05) is 29.2 Å². The van der Waals surface area contributed by atoms with Crippen LogP contribution in [0.15, 0.2) is 24.3 Å². The van der Waals surface area contributed by atoms with Crippen LogP contribution in [-0.2, 0) is 6.54 Å². The molecule has 1 heterocycles. The Labute approximate surface area is 114 Å². The third-order valence-electron chi connectivity index (χ3n) is 3.26. The van der Waals surface area contributed by atoms with E-state index in [1.54, 1.807) is 0 Å². The molecule has 0 saturated carbocycles. The zero-order valence-electron chi connectivity index (χ0n) is 10.3. The summed E-state index contributed by atoms with van der Waals surface area (Å²) in [6, 6.07) is 7.75. The van der Waals surface area contributed by atoms with Gasteiger partial charge in [0.15, 0.2) is 0 Å². The SMILES string of the molecule is Cl.NCc1ccc(C(=O)N2CCC(N)CC2)cc1. The first kappa shape index (κ1) is 15.0. The first-order valence-electron chi connectivity index (χ1n) is 6.04. The fourth-order valence-corrected chi connectivity index (χ4v) is 2.07. The molecule has 18 heavy (non-hydrogen) atoms. The number of amides is 1. The molecule has 1 aromatic carbocycles. The van der Waals surface area contributed by atoms with Crippen LogP contribution in [0.4, 0.5) is 0 Å². The molecule has 1 fully saturated rings. The van der Waals surface area contributed by atoms with E-state index in [0.717, 1.165) is 37.1 Å². The lowest BCUT2D eigenvalue weighted by molar-refractivity contribution is 0.0715. The van der Waals surface area contributed by atoms with Crippen molar-refractivity contribution in [1.82, 2.24) is 4.90 Å². The molecule has 0 unspecified atom stereocenters. The topological polar surface area (TPSA) is 72.4 Å². The van der Waals surface area contributed by atoms with Crippen molar-refractivity contribution in [2.24, 2.45) is 11.5 Å². The van der Waals surface area contributed by atoms with Gasteiger partial charge in [0.05, 0.1) is 0 Å². The Morgan fingerprint density at radius 2 is 1.78 bits per heavy atom. The first-order chi connectivity index (χ1) is 8.20. The Morgan fingerprint density at radius 1 is 1.22 bits per heavy atom. The minimum Gasteiger partial charge on any atom is -0.339 e. The van der Waals surface area contributed by atoms with Gasteiger partial charge in [-0.05, 0) is 30.5 Å². The Hall–Kier alpha value is -1.10. The van der Waals surface area contributed by atoms with Crippen LogP contribution in [0.25, 0.3) is 0 Å². The van der Waals surface area contributed by atoms with Crippen molar-refractivity contribution < 1.29 is 4.79 Å². The Balaban J connectivity index is 0.00000162. The summed E-state index contributed by atoms with van der Waals surface area (Å²) < 4.78 is 0. The predicted octanol–water partition coefficient (Wildman–Crippen LogP) is 1.13. The highest BCUT2D eigenvalue weighted by Gasteiger charge is 2.21. The maximum absolute atomic E-state index is 12.2. The monoisotopic (exact) mass is 269 g/mol. The minimum absolute atomic E-state index is 0. The Morgan fingerprint density at radius 3 is 2.28 bits per heavy atom. The molecule has 5 heteroatoms. The molecule has 1 aliphatic rings. The lowest BCUT2D eigenvalue weighted by Gasteiger charge is -2.30. The van der Waals surface area contributed by atoms with Gasteiger partial charge in [-0.25, -0.2) is 0 Å². The highest BCUT2D eigenvalue weighted by Crippen LogP contribution is 2.13. The third kappa shape index (κ3) is 3.45. The quantitative estimate of drug-likeness (QED) is 0.845. The third-order valence-corrected chi connectivity index (χ3v) is 3.26. The van der Waals surface area contributed by atoms with Crippen molar-refractivity contribution in [3.63, 3.8) is 0 Å². The zero-order valence-corrected chi connectivity index (χ0v) is 11.2. The van der Waals surface area contributed by atoms with Gasteiger partial charge in [0.25, 0.3) is 5.91 Å². The van der Waals surface area contributed by atoms with Crippen LogP contribution in [0, 0.1) is 0 Å². The van der Waals surface area contributed by atoms with E-state index in [4.69, 9.17) is 11.5 Å². The number of likely N-dealkylation sites (tertiary alicyclic amines) is 1. The highest BCUT2D eigenvalue weighted by atomic mass is 35.5. The van der Waals surface area contributed by atoms with E-state index >= 15 is 0 Å². The van der Waals surface area contributed by atoms with Crippen LogP contribution < -0.4 is 11.5 Å². The number of carbonyl (C=O) groups is 1. The van der Waals surface area contributed by atoms with E-state index < -0.39 is 0 Å². The van der Waals surface area contributed by atoms with Crippen LogP contribution >= 0.6 is 12.4 Å². The molecule has 1 aromatic rings. The fraction of sp³-hybridized carbons (Fsp3) is 0.462. The maximum Gasteiger partial charge on any atom is 0.253 e. The normalized spacial score (nSPS) is 16.2. The van der Waals surface area contributed by atoms with Gasteiger partial charge in [-0.3, -0.25) is 4.79 Å². The second-order valence-electron chi connectivity index (χ2n) is 4.53. The largest absolute Gasteiger partial charge is 0.339 e. The molecule has 0 aromatic heterocycles. The molecular weight excluding hydrogens is 250 g/mol. The average Bonchev–Trinajstić information content (AvgIpc) is 2.39. The minimum atomic E-state index is 0. The fourth-order valence-electron chi connectivity index (χ4n) is 2.07. The number of nitrogens with two attached hydrogens (primary N) is 2. The van der Waals surface area contributed by atoms with Crippen LogP contribution in [0.5, 0.6) is 0 Å². The molecule has 1 aliphatic heterocycles. The summed E-state index contributed by atoms with van der Waals surface area (Å²) in [5.41, 5.74) is 13.1. The number of benzene rings is 1. The summed E-state index contributed by atoms with van der Waals surface area (Å²) >= 11 is 0. The summed E-state index contributed by atoms with van der Waals surface area (Å²) in [7, 11) is 0. The lowest BCUT2D eigenvalue weighted by atomic mass is 10.0. The number of piperidine rings is 1. The molecule has 0 aliphatic carbocycles. The second-order valence-corrected chi connectivity index (χ2v) is 4.53. The molecule has 2 rings (SSSR count).